The molecule has 116 valence electrons. The zero-order valence-electron chi connectivity index (χ0n) is 12.2. The fourth-order valence-corrected chi connectivity index (χ4v) is 1.55. The minimum atomic E-state index is -0.952. The van der Waals surface area contributed by atoms with Gasteiger partial charge in [0.15, 0.2) is 0 Å². The molecule has 6 nitrogen and oxygen atoms in total. The van der Waals surface area contributed by atoms with Crippen molar-refractivity contribution in [3.05, 3.63) is 59.7 Å². The van der Waals surface area contributed by atoms with Gasteiger partial charge in [-0.2, -0.15) is 0 Å². The van der Waals surface area contributed by atoms with Crippen LogP contribution in [-0.2, 0) is 4.74 Å². The van der Waals surface area contributed by atoms with Gasteiger partial charge in [0, 0.05) is 11.4 Å². The van der Waals surface area contributed by atoms with Crippen LogP contribution in [0.4, 0.5) is 11.4 Å². The van der Waals surface area contributed by atoms with Crippen LogP contribution in [-0.4, -0.2) is 23.7 Å². The number of hydrogen-bond acceptors (Lipinski definition) is 5. The minimum Gasteiger partial charge on any atom is -0.478 e. The molecule has 0 fully saturated rings. The van der Waals surface area contributed by atoms with Crippen LogP contribution in [0, 0.1) is 0 Å². The van der Waals surface area contributed by atoms with Gasteiger partial charge in [-0.1, -0.05) is 12.1 Å². The van der Waals surface area contributed by atoms with Gasteiger partial charge >= 0.3 is 11.9 Å². The van der Waals surface area contributed by atoms with Crippen molar-refractivity contribution in [2.24, 2.45) is 0 Å². The summed E-state index contributed by atoms with van der Waals surface area (Å²) in [5, 5.41) is 8.45. The van der Waals surface area contributed by atoms with E-state index in [4.69, 9.17) is 21.3 Å². The maximum atomic E-state index is 11.1. The Morgan fingerprint density at radius 1 is 1.00 bits per heavy atom. The summed E-state index contributed by atoms with van der Waals surface area (Å²) in [6.45, 7) is 2.15. The van der Waals surface area contributed by atoms with Crippen LogP contribution in [0.5, 0.6) is 0 Å². The highest BCUT2D eigenvalue weighted by molar-refractivity contribution is 5.90. The van der Waals surface area contributed by atoms with E-state index in [1.54, 1.807) is 43.3 Å². The largest absolute Gasteiger partial charge is 0.478 e. The lowest BCUT2D eigenvalue weighted by Gasteiger charge is -2.01. The van der Waals surface area contributed by atoms with Crippen molar-refractivity contribution in [2.45, 2.75) is 6.92 Å². The van der Waals surface area contributed by atoms with Gasteiger partial charge < -0.3 is 21.3 Å². The molecule has 0 radical (unpaired) electrons. The molecule has 0 saturated heterocycles. The SMILES string of the molecule is CCOC(=O)c1cccc(N)c1.Nc1cccc(C(=O)O)c1. The van der Waals surface area contributed by atoms with Crippen molar-refractivity contribution in [3.63, 3.8) is 0 Å². The topological polar surface area (TPSA) is 116 Å². The summed E-state index contributed by atoms with van der Waals surface area (Å²) in [6, 6.07) is 12.9. The van der Waals surface area contributed by atoms with E-state index in [2.05, 4.69) is 0 Å². The third kappa shape index (κ3) is 5.54. The summed E-state index contributed by atoms with van der Waals surface area (Å²) in [4.78, 5) is 21.4. The number of carboxylic acid groups (broad SMARTS) is 1. The number of carboxylic acids is 1. The van der Waals surface area contributed by atoms with Crippen LogP contribution in [0.15, 0.2) is 48.5 Å². The van der Waals surface area contributed by atoms with Gasteiger partial charge in [0.05, 0.1) is 17.7 Å². The molecule has 0 amide bonds. The molecule has 0 aliphatic heterocycles. The van der Waals surface area contributed by atoms with Gasteiger partial charge in [-0.15, -0.1) is 0 Å². The Labute approximate surface area is 128 Å². The van der Waals surface area contributed by atoms with E-state index in [9.17, 15) is 9.59 Å². The van der Waals surface area contributed by atoms with Crippen LogP contribution >= 0.6 is 0 Å². The standard InChI is InChI=1S/C9H11NO2.C7H7NO2/c1-2-12-9(11)7-4-3-5-8(10)6-7;8-6-3-1-2-5(4-6)7(9)10/h3-6H,2,10H2,1H3;1-4H,8H2,(H,9,10). The first-order chi connectivity index (χ1) is 10.4. The van der Waals surface area contributed by atoms with Crippen molar-refractivity contribution in [2.75, 3.05) is 18.1 Å². The molecule has 0 aliphatic rings. The summed E-state index contributed by atoms with van der Waals surface area (Å²) in [5.74, 6) is -1.28. The monoisotopic (exact) mass is 302 g/mol. The van der Waals surface area contributed by atoms with Gasteiger partial charge in [-0.25, -0.2) is 9.59 Å². The number of carbonyl (C=O) groups is 2. The first-order valence-corrected chi connectivity index (χ1v) is 6.55. The van der Waals surface area contributed by atoms with E-state index >= 15 is 0 Å². The number of benzene rings is 2. The Morgan fingerprint density at radius 2 is 1.50 bits per heavy atom. The van der Waals surface area contributed by atoms with Crippen LogP contribution in [0.1, 0.15) is 27.6 Å². The van der Waals surface area contributed by atoms with Crippen LogP contribution < -0.4 is 11.5 Å². The predicted octanol–water partition coefficient (Wildman–Crippen LogP) is 2.41. The Balaban J connectivity index is 0.000000224. The van der Waals surface area contributed by atoms with Gasteiger partial charge in [0.1, 0.15) is 0 Å². The summed E-state index contributed by atoms with van der Waals surface area (Å²) >= 11 is 0. The predicted molar refractivity (Wildman–Crippen MR) is 84.6 cm³/mol. The van der Waals surface area contributed by atoms with Crippen LogP contribution in [0.2, 0.25) is 0 Å². The molecule has 2 aromatic rings. The number of esters is 1. The Hall–Kier alpha value is -3.02. The molecule has 0 aliphatic carbocycles. The lowest BCUT2D eigenvalue weighted by atomic mass is 10.2. The smallest absolute Gasteiger partial charge is 0.338 e. The highest BCUT2D eigenvalue weighted by Crippen LogP contribution is 2.07. The van der Waals surface area contributed by atoms with Crippen LogP contribution in [0.3, 0.4) is 0 Å². The maximum absolute atomic E-state index is 11.1. The molecule has 2 rings (SSSR count). The fourth-order valence-electron chi connectivity index (χ4n) is 1.55. The molecule has 0 spiro atoms. The molecule has 0 heterocycles. The average molecular weight is 302 g/mol. The number of rotatable bonds is 3. The molecule has 0 saturated carbocycles. The minimum absolute atomic E-state index is 0.222. The zero-order chi connectivity index (χ0) is 16.5. The van der Waals surface area contributed by atoms with E-state index < -0.39 is 5.97 Å². The first kappa shape index (κ1) is 17.0. The second-order valence-corrected chi connectivity index (χ2v) is 4.28. The first-order valence-electron chi connectivity index (χ1n) is 6.55. The molecular formula is C16H18N2O4. The fraction of sp³-hybridized carbons (Fsp3) is 0.125. The number of ether oxygens (including phenoxy) is 1. The normalized spacial score (nSPS) is 9.32. The van der Waals surface area contributed by atoms with Crippen molar-refractivity contribution < 1.29 is 19.4 Å². The van der Waals surface area contributed by atoms with Gasteiger partial charge in [-0.3, -0.25) is 0 Å². The Bertz CT molecular complexity index is 656. The molecular weight excluding hydrogens is 284 g/mol. The number of nitrogens with two attached hydrogens (primary N) is 2. The molecule has 22 heavy (non-hydrogen) atoms. The van der Waals surface area contributed by atoms with E-state index in [-0.39, 0.29) is 11.5 Å². The van der Waals surface area contributed by atoms with Crippen LogP contribution in [0.25, 0.3) is 0 Å². The van der Waals surface area contributed by atoms with Gasteiger partial charge in [0.2, 0.25) is 0 Å². The quantitative estimate of drug-likeness (QED) is 0.592. The second kappa shape index (κ2) is 8.31. The second-order valence-electron chi connectivity index (χ2n) is 4.28. The molecule has 0 aromatic heterocycles. The van der Waals surface area contributed by atoms with E-state index in [1.807, 2.05) is 0 Å². The number of carbonyl (C=O) groups excluding carboxylic acids is 1. The third-order valence-electron chi connectivity index (χ3n) is 2.53. The zero-order valence-corrected chi connectivity index (χ0v) is 12.2. The summed E-state index contributed by atoms with van der Waals surface area (Å²) in [5.41, 5.74) is 12.6. The number of nitrogen functional groups attached to an aromatic ring is 2. The summed E-state index contributed by atoms with van der Waals surface area (Å²) in [7, 11) is 0. The van der Waals surface area contributed by atoms with Gasteiger partial charge in [-0.05, 0) is 43.3 Å². The van der Waals surface area contributed by atoms with Gasteiger partial charge in [0.25, 0.3) is 0 Å². The number of hydrogen-bond donors (Lipinski definition) is 3. The van der Waals surface area contributed by atoms with Crippen molar-refractivity contribution in [1.29, 1.82) is 0 Å². The molecule has 2 aromatic carbocycles. The highest BCUT2D eigenvalue weighted by Gasteiger charge is 2.04. The maximum Gasteiger partial charge on any atom is 0.338 e. The molecule has 0 unspecified atom stereocenters. The molecule has 5 N–H and O–H groups in total. The Kier molecular flexibility index (Phi) is 6.43. The number of aromatic carboxylic acids is 1. The third-order valence-corrected chi connectivity index (χ3v) is 2.53. The van der Waals surface area contributed by atoms with E-state index in [1.165, 1.54) is 12.1 Å². The lowest BCUT2D eigenvalue weighted by Crippen LogP contribution is -2.04. The highest BCUT2D eigenvalue weighted by atomic mass is 16.5. The average Bonchev–Trinajstić information content (AvgIpc) is 2.48. The Morgan fingerprint density at radius 3 is 1.91 bits per heavy atom. The lowest BCUT2D eigenvalue weighted by molar-refractivity contribution is 0.0526. The summed E-state index contributed by atoms with van der Waals surface area (Å²) in [6.07, 6.45) is 0. The number of anilines is 2. The van der Waals surface area contributed by atoms with E-state index in [0.717, 1.165) is 0 Å². The summed E-state index contributed by atoms with van der Waals surface area (Å²) < 4.78 is 4.79. The van der Waals surface area contributed by atoms with Crippen molar-refractivity contribution >= 4 is 23.3 Å². The molecule has 0 atom stereocenters. The van der Waals surface area contributed by atoms with Crippen molar-refractivity contribution in [1.82, 2.24) is 0 Å². The molecule has 6 heteroatoms. The van der Waals surface area contributed by atoms with Crippen molar-refractivity contribution in [3.8, 4) is 0 Å². The molecule has 0 bridgehead atoms. The van der Waals surface area contributed by atoms with E-state index in [0.29, 0.717) is 23.5 Å².